The maximum Gasteiger partial charge on any atom is 0.261 e. The Morgan fingerprint density at radius 1 is 0.952 bits per heavy atom. The maximum absolute atomic E-state index is 12.4. The molecule has 0 saturated heterocycles. The fraction of sp³-hybridized carbons (Fsp3) is 0.0769. The zero-order valence-corrected chi connectivity index (χ0v) is 16.4. The van der Waals surface area contributed by atoms with Gasteiger partial charge in [-0.2, -0.15) is 0 Å². The summed E-state index contributed by atoms with van der Waals surface area (Å²) < 4.78 is 29.5. The molecular weight excluding hydrogens is 488 g/mol. The van der Waals surface area contributed by atoms with Gasteiger partial charge in [0.05, 0.1) is 10.6 Å². The molecule has 0 radical (unpaired) electrons. The van der Waals surface area contributed by atoms with Gasteiger partial charge < -0.3 is 5.32 Å². The van der Waals surface area contributed by atoms with Gasteiger partial charge in [0.15, 0.2) is 0 Å². The molecule has 2 aromatic rings. The second kappa shape index (κ2) is 6.68. The molecule has 0 heterocycles. The van der Waals surface area contributed by atoms with Gasteiger partial charge in [-0.05, 0) is 68.3 Å². The number of hydrogen-bond acceptors (Lipinski definition) is 3. The molecule has 0 aromatic heterocycles. The summed E-state index contributed by atoms with van der Waals surface area (Å²) in [6.07, 6.45) is 0. The van der Waals surface area contributed by atoms with E-state index >= 15 is 0 Å². The highest BCUT2D eigenvalue weighted by Gasteiger charge is 2.17. The van der Waals surface area contributed by atoms with E-state index in [1.165, 1.54) is 0 Å². The number of rotatable bonds is 4. The van der Waals surface area contributed by atoms with E-state index in [9.17, 15) is 8.42 Å². The lowest BCUT2D eigenvalue weighted by Crippen LogP contribution is -2.13. The zero-order chi connectivity index (χ0) is 15.6. The largest absolute Gasteiger partial charge is 0.388 e. The van der Waals surface area contributed by atoms with Crippen molar-refractivity contribution in [3.63, 3.8) is 0 Å². The molecule has 0 aliphatic rings. The molecule has 4 nitrogen and oxygen atoms in total. The Balaban J connectivity index is 2.37. The van der Waals surface area contributed by atoms with Crippen LogP contribution < -0.4 is 10.0 Å². The smallest absolute Gasteiger partial charge is 0.261 e. The highest BCUT2D eigenvalue weighted by Crippen LogP contribution is 2.35. The molecular formula is C13H11Br3N2O2S. The van der Waals surface area contributed by atoms with Crippen LogP contribution in [0.5, 0.6) is 0 Å². The average Bonchev–Trinajstić information content (AvgIpc) is 2.43. The van der Waals surface area contributed by atoms with Crippen molar-refractivity contribution >= 4 is 69.2 Å². The van der Waals surface area contributed by atoms with E-state index in [4.69, 9.17) is 0 Å². The van der Waals surface area contributed by atoms with Gasteiger partial charge in [0.25, 0.3) is 10.0 Å². The van der Waals surface area contributed by atoms with Gasteiger partial charge in [-0.25, -0.2) is 8.42 Å². The SMILES string of the molecule is CNc1ccc(S(=O)(=O)Nc2c(Br)cc(Br)cc2Br)cc1. The fourth-order valence-electron chi connectivity index (χ4n) is 1.63. The van der Waals surface area contributed by atoms with Gasteiger partial charge in [0.1, 0.15) is 0 Å². The summed E-state index contributed by atoms with van der Waals surface area (Å²) in [6.45, 7) is 0. The number of anilines is 2. The molecule has 0 fully saturated rings. The third-order valence-corrected chi connectivity index (χ3v) is 5.77. The van der Waals surface area contributed by atoms with Crippen LogP contribution in [0.3, 0.4) is 0 Å². The van der Waals surface area contributed by atoms with Crippen LogP contribution >= 0.6 is 47.8 Å². The fourth-order valence-corrected chi connectivity index (χ4v) is 5.45. The second-order valence-corrected chi connectivity index (χ2v) is 8.43. The Hall–Kier alpha value is -0.570. The van der Waals surface area contributed by atoms with E-state index in [1.807, 2.05) is 0 Å². The summed E-state index contributed by atoms with van der Waals surface area (Å²) in [5.41, 5.74) is 1.30. The first-order valence-electron chi connectivity index (χ1n) is 5.78. The van der Waals surface area contributed by atoms with Crippen LogP contribution in [0.25, 0.3) is 0 Å². The third-order valence-electron chi connectivity index (χ3n) is 2.70. The van der Waals surface area contributed by atoms with Crippen LogP contribution in [-0.2, 0) is 10.0 Å². The summed E-state index contributed by atoms with van der Waals surface area (Å²) in [7, 11) is -1.87. The van der Waals surface area contributed by atoms with E-state index in [2.05, 4.69) is 57.8 Å². The Morgan fingerprint density at radius 3 is 1.95 bits per heavy atom. The molecule has 0 amide bonds. The molecule has 8 heteroatoms. The van der Waals surface area contributed by atoms with Crippen molar-refractivity contribution in [1.82, 2.24) is 0 Å². The Morgan fingerprint density at radius 2 is 1.48 bits per heavy atom. The number of halogens is 3. The van der Waals surface area contributed by atoms with Crippen molar-refractivity contribution < 1.29 is 8.42 Å². The minimum absolute atomic E-state index is 0.197. The maximum atomic E-state index is 12.4. The first-order valence-corrected chi connectivity index (χ1v) is 9.65. The molecule has 0 spiro atoms. The summed E-state index contributed by atoms with van der Waals surface area (Å²) in [5, 5.41) is 2.94. The average molecular weight is 499 g/mol. The van der Waals surface area contributed by atoms with Crippen LogP contribution in [0, 0.1) is 0 Å². The van der Waals surface area contributed by atoms with Gasteiger partial charge in [0.2, 0.25) is 0 Å². The summed E-state index contributed by atoms with van der Waals surface area (Å²) >= 11 is 10.0. The number of nitrogens with one attached hydrogen (secondary N) is 2. The standard InChI is InChI=1S/C13H11Br3N2O2S/c1-17-9-2-4-10(5-3-9)21(19,20)18-13-11(15)6-8(14)7-12(13)16/h2-7,17-18H,1H3. The molecule has 0 atom stereocenters. The normalized spacial score (nSPS) is 11.2. The lowest BCUT2D eigenvalue weighted by Gasteiger charge is -2.12. The van der Waals surface area contributed by atoms with Crippen LogP contribution in [0.4, 0.5) is 11.4 Å². The van der Waals surface area contributed by atoms with Gasteiger partial charge in [-0.15, -0.1) is 0 Å². The molecule has 21 heavy (non-hydrogen) atoms. The quantitative estimate of drug-likeness (QED) is 0.635. The summed E-state index contributed by atoms with van der Waals surface area (Å²) in [6, 6.07) is 10.1. The lowest BCUT2D eigenvalue weighted by atomic mass is 10.3. The van der Waals surface area contributed by atoms with Gasteiger partial charge in [-0.3, -0.25) is 4.72 Å². The van der Waals surface area contributed by atoms with E-state index in [0.29, 0.717) is 14.6 Å². The first kappa shape index (κ1) is 16.8. The second-order valence-electron chi connectivity index (χ2n) is 4.12. The van der Waals surface area contributed by atoms with Crippen molar-refractivity contribution in [2.24, 2.45) is 0 Å². The van der Waals surface area contributed by atoms with Gasteiger partial charge >= 0.3 is 0 Å². The molecule has 2 rings (SSSR count). The highest BCUT2D eigenvalue weighted by atomic mass is 79.9. The predicted molar refractivity (Wildman–Crippen MR) is 96.3 cm³/mol. The van der Waals surface area contributed by atoms with E-state index < -0.39 is 10.0 Å². The molecule has 0 aliphatic carbocycles. The molecule has 0 aliphatic heterocycles. The van der Waals surface area contributed by atoms with E-state index in [0.717, 1.165) is 10.2 Å². The molecule has 2 N–H and O–H groups in total. The van der Waals surface area contributed by atoms with Crippen molar-refractivity contribution in [2.75, 3.05) is 17.1 Å². The van der Waals surface area contributed by atoms with E-state index in [-0.39, 0.29) is 4.90 Å². The summed E-state index contributed by atoms with van der Waals surface area (Å²) in [5.74, 6) is 0. The first-order chi connectivity index (χ1) is 9.83. The van der Waals surface area contributed by atoms with Crippen LogP contribution in [-0.4, -0.2) is 15.5 Å². The van der Waals surface area contributed by atoms with E-state index in [1.54, 1.807) is 43.4 Å². The molecule has 112 valence electrons. The topological polar surface area (TPSA) is 58.2 Å². The Bertz CT molecular complexity index is 738. The number of sulfonamides is 1. The van der Waals surface area contributed by atoms with Crippen LogP contribution in [0.1, 0.15) is 0 Å². The number of benzene rings is 2. The molecule has 2 aromatic carbocycles. The zero-order valence-electron chi connectivity index (χ0n) is 10.8. The van der Waals surface area contributed by atoms with Crippen LogP contribution in [0.15, 0.2) is 54.7 Å². The monoisotopic (exact) mass is 496 g/mol. The van der Waals surface area contributed by atoms with Crippen molar-refractivity contribution in [3.8, 4) is 0 Å². The molecule has 0 saturated carbocycles. The highest BCUT2D eigenvalue weighted by molar-refractivity contribution is 9.11. The van der Waals surface area contributed by atoms with Crippen molar-refractivity contribution in [3.05, 3.63) is 49.8 Å². The number of hydrogen-bond donors (Lipinski definition) is 2. The molecule has 0 unspecified atom stereocenters. The van der Waals surface area contributed by atoms with Gasteiger partial charge in [0, 0.05) is 26.2 Å². The summed E-state index contributed by atoms with van der Waals surface area (Å²) in [4.78, 5) is 0.197. The van der Waals surface area contributed by atoms with Crippen molar-refractivity contribution in [2.45, 2.75) is 4.90 Å². The Kier molecular flexibility index (Phi) is 5.34. The Labute approximate surface area is 148 Å². The minimum Gasteiger partial charge on any atom is -0.388 e. The third kappa shape index (κ3) is 4.00. The minimum atomic E-state index is -3.65. The predicted octanol–water partition coefficient (Wildman–Crippen LogP) is 4.82. The molecule has 0 bridgehead atoms. The van der Waals surface area contributed by atoms with Gasteiger partial charge in [-0.1, -0.05) is 15.9 Å². The lowest BCUT2D eigenvalue weighted by molar-refractivity contribution is 0.601. The van der Waals surface area contributed by atoms with Crippen LogP contribution in [0.2, 0.25) is 0 Å². The van der Waals surface area contributed by atoms with Crippen molar-refractivity contribution in [1.29, 1.82) is 0 Å².